The van der Waals surface area contributed by atoms with Gasteiger partial charge in [0, 0.05) is 0 Å². The van der Waals surface area contributed by atoms with E-state index in [1.807, 2.05) is 32.9 Å². The predicted octanol–water partition coefficient (Wildman–Crippen LogP) is 4.15. The van der Waals surface area contributed by atoms with E-state index in [4.69, 9.17) is 22.1 Å². The van der Waals surface area contributed by atoms with E-state index in [2.05, 4.69) is 16.5 Å². The first kappa shape index (κ1) is 14.3. The van der Waals surface area contributed by atoms with E-state index in [1.165, 1.54) is 6.20 Å². The molecule has 20 heavy (non-hydrogen) atoms. The summed E-state index contributed by atoms with van der Waals surface area (Å²) in [5, 5.41) is 0.100. The van der Waals surface area contributed by atoms with Crippen molar-refractivity contribution in [2.75, 3.05) is 5.73 Å². The van der Waals surface area contributed by atoms with Gasteiger partial charge in [-0.1, -0.05) is 12.2 Å². The normalized spacial score (nSPS) is 10.4. The Morgan fingerprint density at radius 1 is 1.30 bits per heavy atom. The highest BCUT2D eigenvalue weighted by atomic mass is 35.5. The number of ether oxygens (including phenoxy) is 1. The lowest BCUT2D eigenvalue weighted by atomic mass is 10.0. The smallest absolute Gasteiger partial charge is 0.247 e. The Hall–Kier alpha value is -2.07. The largest absolute Gasteiger partial charge is 0.436 e. The third-order valence-electron chi connectivity index (χ3n) is 2.90. The summed E-state index contributed by atoms with van der Waals surface area (Å²) < 4.78 is 5.80. The summed E-state index contributed by atoms with van der Waals surface area (Å²) >= 11 is 5.76. The van der Waals surface area contributed by atoms with Crippen LogP contribution in [0.15, 0.2) is 24.9 Å². The molecule has 2 rings (SSSR count). The number of halogens is 1. The van der Waals surface area contributed by atoms with Crippen LogP contribution in [0.2, 0.25) is 5.28 Å². The van der Waals surface area contributed by atoms with Crippen molar-refractivity contribution in [1.29, 1.82) is 0 Å². The molecule has 0 aliphatic rings. The van der Waals surface area contributed by atoms with Crippen LogP contribution in [-0.2, 0) is 0 Å². The number of nitrogens with zero attached hydrogens (tertiary/aromatic N) is 2. The van der Waals surface area contributed by atoms with E-state index < -0.39 is 0 Å². The number of anilines is 1. The Morgan fingerprint density at radius 2 is 1.90 bits per heavy atom. The first-order chi connectivity index (χ1) is 9.38. The molecular weight excluding hydrogens is 274 g/mol. The van der Waals surface area contributed by atoms with Gasteiger partial charge >= 0.3 is 0 Å². The van der Waals surface area contributed by atoms with Gasteiger partial charge in [-0.3, -0.25) is 0 Å². The maximum absolute atomic E-state index is 5.80. The zero-order valence-electron chi connectivity index (χ0n) is 11.7. The van der Waals surface area contributed by atoms with E-state index in [-0.39, 0.29) is 11.2 Å². The van der Waals surface area contributed by atoms with E-state index in [0.717, 1.165) is 28.0 Å². The Morgan fingerprint density at radius 3 is 2.45 bits per heavy atom. The van der Waals surface area contributed by atoms with Crippen LogP contribution >= 0.6 is 11.6 Å². The van der Waals surface area contributed by atoms with Crippen molar-refractivity contribution < 1.29 is 4.74 Å². The summed E-state index contributed by atoms with van der Waals surface area (Å²) in [6.45, 7) is 9.85. The first-order valence-corrected chi connectivity index (χ1v) is 6.49. The van der Waals surface area contributed by atoms with Crippen molar-refractivity contribution in [3.63, 3.8) is 0 Å². The minimum Gasteiger partial charge on any atom is -0.436 e. The maximum Gasteiger partial charge on any atom is 0.247 e. The molecule has 0 aliphatic carbocycles. The van der Waals surface area contributed by atoms with Crippen molar-refractivity contribution in [2.45, 2.75) is 20.8 Å². The van der Waals surface area contributed by atoms with Crippen LogP contribution in [0.3, 0.4) is 0 Å². The van der Waals surface area contributed by atoms with Gasteiger partial charge in [0.1, 0.15) is 11.4 Å². The molecule has 1 aromatic carbocycles. The number of benzene rings is 1. The van der Waals surface area contributed by atoms with Crippen molar-refractivity contribution in [1.82, 2.24) is 9.97 Å². The molecule has 1 aromatic heterocycles. The highest BCUT2D eigenvalue weighted by Gasteiger charge is 2.12. The molecule has 1 heterocycles. The lowest BCUT2D eigenvalue weighted by Gasteiger charge is -2.14. The van der Waals surface area contributed by atoms with Crippen molar-refractivity contribution in [3.8, 4) is 11.6 Å². The van der Waals surface area contributed by atoms with Crippen molar-refractivity contribution in [3.05, 3.63) is 46.9 Å². The number of hydrogen-bond acceptors (Lipinski definition) is 4. The molecular formula is C15H16ClN3O. The van der Waals surface area contributed by atoms with Gasteiger partial charge in [0.05, 0.1) is 6.20 Å². The summed E-state index contributed by atoms with van der Waals surface area (Å²) in [5.74, 6) is 0.982. The summed E-state index contributed by atoms with van der Waals surface area (Å²) in [4.78, 5) is 7.80. The van der Waals surface area contributed by atoms with Gasteiger partial charge in [-0.25, -0.2) is 4.98 Å². The minimum atomic E-state index is 0.100. The van der Waals surface area contributed by atoms with Gasteiger partial charge < -0.3 is 10.5 Å². The molecule has 0 amide bonds. The second-order valence-electron chi connectivity index (χ2n) is 4.72. The zero-order chi connectivity index (χ0) is 14.9. The van der Waals surface area contributed by atoms with E-state index in [9.17, 15) is 0 Å². The fraction of sp³-hybridized carbons (Fsp3) is 0.200. The third kappa shape index (κ3) is 2.91. The van der Waals surface area contributed by atoms with E-state index in [0.29, 0.717) is 5.69 Å². The predicted molar refractivity (Wildman–Crippen MR) is 82.2 cm³/mol. The van der Waals surface area contributed by atoms with Gasteiger partial charge in [-0.05, 0) is 61.2 Å². The highest BCUT2D eigenvalue weighted by molar-refractivity contribution is 6.28. The second kappa shape index (κ2) is 5.51. The van der Waals surface area contributed by atoms with Crippen molar-refractivity contribution in [2.24, 2.45) is 0 Å². The summed E-state index contributed by atoms with van der Waals surface area (Å²) in [6, 6.07) is 4.04. The van der Waals surface area contributed by atoms with Crippen LogP contribution in [0.1, 0.15) is 23.6 Å². The molecule has 104 valence electrons. The number of nitrogens with two attached hydrogens (primary N) is 1. The van der Waals surface area contributed by atoms with Gasteiger partial charge in [-0.15, -0.1) is 0 Å². The Kier molecular flexibility index (Phi) is 3.95. The Bertz CT molecular complexity index is 660. The molecule has 4 nitrogen and oxygen atoms in total. The summed E-state index contributed by atoms with van der Waals surface area (Å²) in [7, 11) is 0. The second-order valence-corrected chi connectivity index (χ2v) is 5.06. The van der Waals surface area contributed by atoms with E-state index in [1.54, 1.807) is 0 Å². The monoisotopic (exact) mass is 289 g/mol. The number of hydrogen-bond donors (Lipinski definition) is 1. The molecule has 0 bridgehead atoms. The SMILES string of the molecule is C=C(C)c1cc(C)c(Oc2nc(Cl)ncc2N)c(C)c1. The molecule has 2 aromatic rings. The Labute approximate surface area is 123 Å². The van der Waals surface area contributed by atoms with Crippen LogP contribution in [0.5, 0.6) is 11.6 Å². The molecule has 0 fully saturated rings. The van der Waals surface area contributed by atoms with Gasteiger partial charge in [0.2, 0.25) is 11.2 Å². The lowest BCUT2D eigenvalue weighted by molar-refractivity contribution is 0.457. The molecule has 5 heteroatoms. The Balaban J connectivity index is 2.44. The number of allylic oxidation sites excluding steroid dienone is 1. The molecule has 0 unspecified atom stereocenters. The topological polar surface area (TPSA) is 61.0 Å². The van der Waals surface area contributed by atoms with E-state index >= 15 is 0 Å². The number of nitrogen functional groups attached to an aromatic ring is 1. The van der Waals surface area contributed by atoms with Crippen LogP contribution in [0.4, 0.5) is 5.69 Å². The molecule has 0 atom stereocenters. The molecule has 0 spiro atoms. The molecule has 0 saturated heterocycles. The number of aryl methyl sites for hydroxylation is 2. The average molecular weight is 290 g/mol. The van der Waals surface area contributed by atoms with Crippen LogP contribution in [0.25, 0.3) is 5.57 Å². The summed E-state index contributed by atoms with van der Waals surface area (Å²) in [5.41, 5.74) is 10.2. The minimum absolute atomic E-state index is 0.100. The maximum atomic E-state index is 5.80. The quantitative estimate of drug-likeness (QED) is 0.862. The van der Waals surface area contributed by atoms with Crippen LogP contribution in [0, 0.1) is 13.8 Å². The van der Waals surface area contributed by atoms with Gasteiger partial charge in [0.15, 0.2) is 0 Å². The third-order valence-corrected chi connectivity index (χ3v) is 3.08. The fourth-order valence-corrected chi connectivity index (χ4v) is 2.02. The van der Waals surface area contributed by atoms with Crippen LogP contribution in [-0.4, -0.2) is 9.97 Å². The molecule has 2 N–H and O–H groups in total. The van der Waals surface area contributed by atoms with Crippen molar-refractivity contribution >= 4 is 22.9 Å². The molecule has 0 saturated carbocycles. The van der Waals surface area contributed by atoms with Gasteiger partial charge in [-0.2, -0.15) is 4.98 Å². The fourth-order valence-electron chi connectivity index (χ4n) is 1.89. The highest BCUT2D eigenvalue weighted by Crippen LogP contribution is 2.33. The molecule has 0 radical (unpaired) electrons. The number of rotatable bonds is 3. The zero-order valence-corrected chi connectivity index (χ0v) is 12.5. The average Bonchev–Trinajstić information content (AvgIpc) is 2.37. The number of aromatic nitrogens is 2. The van der Waals surface area contributed by atoms with Gasteiger partial charge in [0.25, 0.3) is 0 Å². The summed E-state index contributed by atoms with van der Waals surface area (Å²) in [6.07, 6.45) is 1.43. The lowest BCUT2D eigenvalue weighted by Crippen LogP contribution is -2.00. The first-order valence-electron chi connectivity index (χ1n) is 6.11. The molecule has 0 aliphatic heterocycles. The standard InChI is InChI=1S/C15H16ClN3O/c1-8(2)11-5-9(3)13(10(4)6-11)20-14-12(17)7-18-15(16)19-14/h5-7H,1,17H2,2-4H3. The van der Waals surface area contributed by atoms with Crippen LogP contribution < -0.4 is 10.5 Å².